The predicted molar refractivity (Wildman–Crippen MR) is 166 cm³/mol. The van der Waals surface area contributed by atoms with Crippen molar-refractivity contribution in [2.45, 2.75) is 76.9 Å². The van der Waals surface area contributed by atoms with Crippen molar-refractivity contribution < 1.29 is 9.59 Å². The third-order valence-electron chi connectivity index (χ3n) is 8.31. The van der Waals surface area contributed by atoms with E-state index in [-0.39, 0.29) is 36.0 Å². The minimum Gasteiger partial charge on any atom is -0.348 e. The number of pyridine rings is 1. The lowest BCUT2D eigenvalue weighted by molar-refractivity contribution is 0.0912. The smallest absolute Gasteiger partial charge is 0.270 e. The molecule has 216 valence electrons. The number of thiazole rings is 1. The maximum atomic E-state index is 13.6. The van der Waals surface area contributed by atoms with Gasteiger partial charge in [0, 0.05) is 56.8 Å². The molecule has 1 fully saturated rings. The van der Waals surface area contributed by atoms with Gasteiger partial charge in [0.25, 0.3) is 17.4 Å². The summed E-state index contributed by atoms with van der Waals surface area (Å²) in [6.45, 7) is 8.17. The Balaban J connectivity index is 1.32. The zero-order chi connectivity index (χ0) is 29.3. The fraction of sp³-hybridized carbons (Fsp3) is 0.419. The van der Waals surface area contributed by atoms with Crippen LogP contribution >= 0.6 is 23.1 Å². The number of H-pyrrole nitrogens is 1. The standard InChI is InChI=1S/C31H37N5O3S2/c1-17-14-27(40-5)24(29(37)33-17)15-32-31(39)28-19(3)36(26-9-7-6-8-23(26)28)18(2)21-10-12-22(13-11-21)35-30(38)25-16-41-20(4)34-25/h6-9,14,16,18,21-22H,10-13,15H2,1-5H3,(H,32,39)(H,33,37)(H,35,38)/t18-,21-,22-/m1/s1. The first kappa shape index (κ1) is 29.1. The number of para-hydroxylation sites is 1. The normalized spacial score (nSPS) is 17.9. The van der Waals surface area contributed by atoms with Crippen molar-refractivity contribution >= 4 is 45.8 Å². The van der Waals surface area contributed by atoms with Gasteiger partial charge >= 0.3 is 0 Å². The predicted octanol–water partition coefficient (Wildman–Crippen LogP) is 5.91. The first-order valence-electron chi connectivity index (χ1n) is 14.1. The Bertz CT molecular complexity index is 1650. The number of aromatic nitrogens is 3. The number of aromatic amines is 1. The quantitative estimate of drug-likeness (QED) is 0.221. The van der Waals surface area contributed by atoms with E-state index in [0.717, 1.165) is 57.9 Å². The molecule has 1 aliphatic rings. The number of fused-ring (bicyclic) bond motifs is 1. The molecule has 0 bridgehead atoms. The van der Waals surface area contributed by atoms with Crippen molar-refractivity contribution in [3.05, 3.63) is 79.3 Å². The third-order valence-corrected chi connectivity index (χ3v) is 9.88. The average Bonchev–Trinajstić information content (AvgIpc) is 3.52. The van der Waals surface area contributed by atoms with Crippen LogP contribution in [0, 0.1) is 26.7 Å². The SMILES string of the molecule is CSc1cc(C)[nH]c(=O)c1CNC(=O)c1c(C)n([C@H](C)[C@H]2CC[C@H](NC(=O)c3csc(C)n3)CC2)c2ccccc12. The Morgan fingerprint density at radius 3 is 2.56 bits per heavy atom. The lowest BCUT2D eigenvalue weighted by Gasteiger charge is -2.34. The topological polar surface area (TPSA) is 109 Å². The first-order valence-corrected chi connectivity index (χ1v) is 16.2. The van der Waals surface area contributed by atoms with Crippen LogP contribution in [0.25, 0.3) is 10.9 Å². The minimum atomic E-state index is -0.180. The Morgan fingerprint density at radius 1 is 1.15 bits per heavy atom. The molecule has 5 rings (SSSR count). The van der Waals surface area contributed by atoms with Crippen LogP contribution in [0.1, 0.15) is 81.5 Å². The molecule has 0 unspecified atom stereocenters. The summed E-state index contributed by atoms with van der Waals surface area (Å²) in [5.41, 5.74) is 4.31. The van der Waals surface area contributed by atoms with E-state index in [2.05, 4.69) is 38.2 Å². The van der Waals surface area contributed by atoms with E-state index < -0.39 is 0 Å². The largest absolute Gasteiger partial charge is 0.348 e. The Kier molecular flexibility index (Phi) is 8.70. The summed E-state index contributed by atoms with van der Waals surface area (Å²) in [6.07, 6.45) is 5.74. The zero-order valence-corrected chi connectivity index (χ0v) is 25.8. The Labute approximate surface area is 248 Å². The van der Waals surface area contributed by atoms with E-state index >= 15 is 0 Å². The summed E-state index contributed by atoms with van der Waals surface area (Å²) < 4.78 is 2.30. The molecule has 10 heteroatoms. The highest BCUT2D eigenvalue weighted by molar-refractivity contribution is 7.98. The van der Waals surface area contributed by atoms with Gasteiger partial charge in [-0.15, -0.1) is 23.1 Å². The van der Waals surface area contributed by atoms with Crippen LogP contribution in [-0.2, 0) is 6.54 Å². The van der Waals surface area contributed by atoms with E-state index in [0.29, 0.717) is 22.7 Å². The number of hydrogen-bond donors (Lipinski definition) is 3. The molecule has 1 saturated carbocycles. The van der Waals surface area contributed by atoms with E-state index in [1.807, 2.05) is 56.7 Å². The molecule has 8 nitrogen and oxygen atoms in total. The van der Waals surface area contributed by atoms with Crippen LogP contribution in [0.15, 0.2) is 45.4 Å². The molecule has 0 spiro atoms. The molecule has 1 atom stereocenters. The van der Waals surface area contributed by atoms with Gasteiger partial charge in [-0.05, 0) is 77.7 Å². The third kappa shape index (κ3) is 5.99. The number of benzene rings is 1. The highest BCUT2D eigenvalue weighted by Gasteiger charge is 2.30. The first-order chi connectivity index (χ1) is 19.7. The van der Waals surface area contributed by atoms with E-state index in [4.69, 9.17) is 0 Å². The Hall–Kier alpha value is -3.37. The summed E-state index contributed by atoms with van der Waals surface area (Å²) >= 11 is 2.99. The molecule has 41 heavy (non-hydrogen) atoms. The molecule has 1 aromatic carbocycles. The fourth-order valence-corrected chi connectivity index (χ4v) is 7.48. The summed E-state index contributed by atoms with van der Waals surface area (Å²) in [4.78, 5) is 46.9. The number of rotatable bonds is 8. The van der Waals surface area contributed by atoms with Crippen molar-refractivity contribution in [3.63, 3.8) is 0 Å². The maximum absolute atomic E-state index is 13.6. The van der Waals surface area contributed by atoms with Gasteiger partial charge in [0.2, 0.25) is 0 Å². The van der Waals surface area contributed by atoms with Crippen molar-refractivity contribution in [3.8, 4) is 0 Å². The molecular formula is C31H37N5O3S2. The second-order valence-corrected chi connectivity index (χ2v) is 12.8. The van der Waals surface area contributed by atoms with Gasteiger partial charge in [0.15, 0.2) is 0 Å². The molecule has 0 radical (unpaired) electrons. The highest BCUT2D eigenvalue weighted by Crippen LogP contribution is 2.38. The molecular weight excluding hydrogens is 555 g/mol. The zero-order valence-electron chi connectivity index (χ0n) is 24.2. The molecule has 4 aromatic rings. The van der Waals surface area contributed by atoms with E-state index in [1.54, 1.807) is 0 Å². The van der Waals surface area contributed by atoms with E-state index in [9.17, 15) is 14.4 Å². The van der Waals surface area contributed by atoms with Crippen molar-refractivity contribution in [2.24, 2.45) is 5.92 Å². The molecule has 0 saturated heterocycles. The molecule has 3 heterocycles. The molecule has 0 aliphatic heterocycles. The summed E-state index contributed by atoms with van der Waals surface area (Å²) in [6, 6.07) is 10.3. The van der Waals surface area contributed by atoms with Crippen molar-refractivity contribution in [1.29, 1.82) is 0 Å². The number of carbonyl (C=O) groups is 2. The van der Waals surface area contributed by atoms with Gasteiger partial charge in [0.05, 0.1) is 10.6 Å². The van der Waals surface area contributed by atoms with Gasteiger partial charge in [-0.2, -0.15) is 0 Å². The number of thioether (sulfide) groups is 1. The number of amides is 2. The second kappa shape index (κ2) is 12.2. The minimum absolute atomic E-state index is 0.0916. The molecule has 3 N–H and O–H groups in total. The maximum Gasteiger partial charge on any atom is 0.270 e. The molecule has 2 amide bonds. The number of hydrogen-bond acceptors (Lipinski definition) is 6. The van der Waals surface area contributed by atoms with Crippen LogP contribution in [-0.4, -0.2) is 38.6 Å². The fourth-order valence-electron chi connectivity index (χ4n) is 6.18. The van der Waals surface area contributed by atoms with Gasteiger partial charge in [-0.25, -0.2) is 4.98 Å². The number of aryl methyl sites for hydroxylation is 2. The van der Waals surface area contributed by atoms with Gasteiger partial charge in [0.1, 0.15) is 5.69 Å². The van der Waals surface area contributed by atoms with Gasteiger partial charge < -0.3 is 20.2 Å². The number of nitrogens with one attached hydrogen (secondary N) is 3. The lowest BCUT2D eigenvalue weighted by Crippen LogP contribution is -2.38. The van der Waals surface area contributed by atoms with Crippen LogP contribution in [0.2, 0.25) is 0 Å². The van der Waals surface area contributed by atoms with Crippen molar-refractivity contribution in [2.75, 3.05) is 6.26 Å². The number of nitrogens with zero attached hydrogens (tertiary/aromatic N) is 2. The number of carbonyl (C=O) groups excluding carboxylic acids is 2. The van der Waals surface area contributed by atoms with Gasteiger partial charge in [-0.1, -0.05) is 18.2 Å². The van der Waals surface area contributed by atoms with Crippen LogP contribution in [0.5, 0.6) is 0 Å². The summed E-state index contributed by atoms with van der Waals surface area (Å²) in [5.74, 6) is 0.150. The van der Waals surface area contributed by atoms with Gasteiger partial charge in [-0.3, -0.25) is 14.4 Å². The van der Waals surface area contributed by atoms with Crippen LogP contribution in [0.4, 0.5) is 0 Å². The monoisotopic (exact) mass is 591 g/mol. The lowest BCUT2D eigenvalue weighted by atomic mass is 9.81. The van der Waals surface area contributed by atoms with Crippen LogP contribution < -0.4 is 16.2 Å². The summed E-state index contributed by atoms with van der Waals surface area (Å²) in [7, 11) is 0. The van der Waals surface area contributed by atoms with E-state index in [1.165, 1.54) is 23.1 Å². The Morgan fingerprint density at radius 2 is 1.88 bits per heavy atom. The molecule has 3 aromatic heterocycles. The average molecular weight is 592 g/mol. The van der Waals surface area contributed by atoms with Crippen molar-refractivity contribution in [1.82, 2.24) is 25.2 Å². The molecule has 1 aliphatic carbocycles. The summed E-state index contributed by atoms with van der Waals surface area (Å²) in [5, 5.41) is 9.81. The second-order valence-electron chi connectivity index (χ2n) is 10.9. The van der Waals surface area contributed by atoms with Crippen LogP contribution in [0.3, 0.4) is 0 Å². The highest BCUT2D eigenvalue weighted by atomic mass is 32.2.